The predicted molar refractivity (Wildman–Crippen MR) is 56.8 cm³/mol. The van der Waals surface area contributed by atoms with Gasteiger partial charge in [0.1, 0.15) is 0 Å². The van der Waals surface area contributed by atoms with Gasteiger partial charge < -0.3 is 10.2 Å². The van der Waals surface area contributed by atoms with Gasteiger partial charge in [0.15, 0.2) is 0 Å². The number of amides is 2. The van der Waals surface area contributed by atoms with Crippen LogP contribution in [-0.4, -0.2) is 44.7 Å². The normalized spacial score (nSPS) is 17.5. The van der Waals surface area contributed by atoms with Crippen molar-refractivity contribution in [1.82, 2.24) is 10.2 Å². The number of carbonyl (C=O) groups excluding carboxylic acids is 1. The van der Waals surface area contributed by atoms with Crippen LogP contribution in [0.2, 0.25) is 0 Å². The third-order valence-corrected chi connectivity index (χ3v) is 3.08. The largest absolute Gasteiger partial charge is 0.337 e. The van der Waals surface area contributed by atoms with Crippen molar-refractivity contribution >= 4 is 16.1 Å². The lowest BCUT2D eigenvalue weighted by molar-refractivity contribution is 0.187. The Morgan fingerprint density at radius 3 is 2.40 bits per heavy atom. The molecule has 0 aliphatic carbocycles. The number of carbonyl (C=O) groups is 1. The zero-order valence-electron chi connectivity index (χ0n) is 8.61. The minimum absolute atomic E-state index is 0.0775. The lowest BCUT2D eigenvalue weighted by Gasteiger charge is -2.26. The van der Waals surface area contributed by atoms with Crippen LogP contribution in [0, 0.1) is 0 Å². The van der Waals surface area contributed by atoms with Gasteiger partial charge in [-0.3, -0.25) is 0 Å². The van der Waals surface area contributed by atoms with Crippen LogP contribution in [0.5, 0.6) is 0 Å². The van der Waals surface area contributed by atoms with Gasteiger partial charge in [-0.25, -0.2) is 18.4 Å². The summed E-state index contributed by atoms with van der Waals surface area (Å²) in [4.78, 5) is 13.2. The fourth-order valence-corrected chi connectivity index (χ4v) is 1.90. The second-order valence-corrected chi connectivity index (χ2v) is 5.38. The molecule has 2 amide bonds. The molecule has 1 aliphatic heterocycles. The first-order valence-electron chi connectivity index (χ1n) is 5.02. The molecule has 1 aliphatic rings. The SMILES string of the molecule is NS(=O)(=O)CCNC(=O)N1CCCCC1. The molecule has 1 heterocycles. The Hall–Kier alpha value is -0.820. The number of sulfonamides is 1. The molecule has 0 atom stereocenters. The maximum absolute atomic E-state index is 11.5. The number of rotatable bonds is 3. The monoisotopic (exact) mass is 235 g/mol. The van der Waals surface area contributed by atoms with E-state index in [4.69, 9.17) is 5.14 Å². The molecular weight excluding hydrogens is 218 g/mol. The zero-order chi connectivity index (χ0) is 11.3. The lowest BCUT2D eigenvalue weighted by Crippen LogP contribution is -2.44. The van der Waals surface area contributed by atoms with Crippen molar-refractivity contribution in [1.29, 1.82) is 0 Å². The first-order chi connectivity index (χ1) is 6.99. The topological polar surface area (TPSA) is 92.5 Å². The van der Waals surface area contributed by atoms with E-state index in [2.05, 4.69) is 5.32 Å². The first-order valence-corrected chi connectivity index (χ1v) is 6.74. The smallest absolute Gasteiger partial charge is 0.317 e. The fourth-order valence-electron chi connectivity index (χ4n) is 1.51. The van der Waals surface area contributed by atoms with Crippen LogP contribution < -0.4 is 10.5 Å². The summed E-state index contributed by atoms with van der Waals surface area (Å²) in [6.07, 6.45) is 3.19. The van der Waals surface area contributed by atoms with E-state index in [1.54, 1.807) is 4.90 Å². The number of nitrogens with two attached hydrogens (primary N) is 1. The maximum Gasteiger partial charge on any atom is 0.317 e. The van der Waals surface area contributed by atoms with Gasteiger partial charge in [0, 0.05) is 19.6 Å². The highest BCUT2D eigenvalue weighted by molar-refractivity contribution is 7.89. The minimum atomic E-state index is -3.48. The number of nitrogens with zero attached hydrogens (tertiary/aromatic N) is 1. The van der Waals surface area contributed by atoms with Crippen molar-refractivity contribution < 1.29 is 13.2 Å². The number of primary sulfonamides is 1. The van der Waals surface area contributed by atoms with E-state index in [1.807, 2.05) is 0 Å². The fraction of sp³-hybridized carbons (Fsp3) is 0.875. The number of likely N-dealkylation sites (tertiary alicyclic amines) is 1. The van der Waals surface area contributed by atoms with Crippen molar-refractivity contribution in [3.05, 3.63) is 0 Å². The summed E-state index contributed by atoms with van der Waals surface area (Å²) in [6.45, 7) is 1.58. The van der Waals surface area contributed by atoms with Crippen LogP contribution >= 0.6 is 0 Å². The second-order valence-electron chi connectivity index (χ2n) is 3.65. The molecule has 0 saturated carbocycles. The highest BCUT2D eigenvalue weighted by Crippen LogP contribution is 2.07. The van der Waals surface area contributed by atoms with E-state index in [-0.39, 0.29) is 18.3 Å². The Kier molecular flexibility index (Phi) is 4.34. The third kappa shape index (κ3) is 4.98. The molecule has 15 heavy (non-hydrogen) atoms. The van der Waals surface area contributed by atoms with Crippen molar-refractivity contribution in [2.24, 2.45) is 5.14 Å². The summed E-state index contributed by atoms with van der Waals surface area (Å²) in [5, 5.41) is 7.34. The van der Waals surface area contributed by atoms with Crippen LogP contribution in [0.15, 0.2) is 0 Å². The third-order valence-electron chi connectivity index (χ3n) is 2.31. The van der Waals surface area contributed by atoms with E-state index in [0.29, 0.717) is 0 Å². The van der Waals surface area contributed by atoms with E-state index in [0.717, 1.165) is 32.4 Å². The predicted octanol–water partition coefficient (Wildman–Crippen LogP) is -0.530. The molecule has 0 spiro atoms. The number of urea groups is 1. The summed E-state index contributed by atoms with van der Waals surface area (Å²) in [5.74, 6) is -0.216. The molecule has 7 heteroatoms. The molecule has 1 rings (SSSR count). The molecule has 3 N–H and O–H groups in total. The average Bonchev–Trinajstić information content (AvgIpc) is 2.17. The highest BCUT2D eigenvalue weighted by Gasteiger charge is 2.15. The Morgan fingerprint density at radius 2 is 1.87 bits per heavy atom. The van der Waals surface area contributed by atoms with Crippen LogP contribution in [-0.2, 0) is 10.0 Å². The quantitative estimate of drug-likeness (QED) is 0.688. The molecule has 0 radical (unpaired) electrons. The Morgan fingerprint density at radius 1 is 1.27 bits per heavy atom. The Balaban J connectivity index is 2.23. The van der Waals surface area contributed by atoms with Crippen LogP contribution in [0.1, 0.15) is 19.3 Å². The summed E-state index contributed by atoms with van der Waals surface area (Å²) < 4.78 is 21.2. The van der Waals surface area contributed by atoms with Crippen molar-refractivity contribution in [2.75, 3.05) is 25.4 Å². The molecule has 0 aromatic rings. The molecule has 0 bridgehead atoms. The van der Waals surface area contributed by atoms with Crippen LogP contribution in [0.25, 0.3) is 0 Å². The number of piperidine rings is 1. The van der Waals surface area contributed by atoms with E-state index in [9.17, 15) is 13.2 Å². The molecule has 0 aromatic heterocycles. The van der Waals surface area contributed by atoms with Crippen molar-refractivity contribution in [3.8, 4) is 0 Å². The van der Waals surface area contributed by atoms with Gasteiger partial charge in [0.25, 0.3) is 0 Å². The molecule has 1 saturated heterocycles. The summed E-state index contributed by atoms with van der Waals surface area (Å²) >= 11 is 0. The minimum Gasteiger partial charge on any atom is -0.337 e. The molecule has 6 nitrogen and oxygen atoms in total. The molecule has 0 unspecified atom stereocenters. The molecular formula is C8H17N3O3S. The van der Waals surface area contributed by atoms with E-state index < -0.39 is 10.0 Å². The zero-order valence-corrected chi connectivity index (χ0v) is 9.42. The van der Waals surface area contributed by atoms with Crippen molar-refractivity contribution in [2.45, 2.75) is 19.3 Å². The second kappa shape index (κ2) is 5.32. The number of hydrogen-bond donors (Lipinski definition) is 2. The standard InChI is InChI=1S/C8H17N3O3S/c9-15(13,14)7-4-10-8(12)11-5-2-1-3-6-11/h1-7H2,(H,10,12)(H2,9,13,14). The average molecular weight is 235 g/mol. The van der Waals surface area contributed by atoms with Gasteiger partial charge >= 0.3 is 6.03 Å². The van der Waals surface area contributed by atoms with Gasteiger partial charge in [-0.05, 0) is 19.3 Å². The van der Waals surface area contributed by atoms with E-state index in [1.165, 1.54) is 0 Å². The lowest BCUT2D eigenvalue weighted by atomic mass is 10.1. The highest BCUT2D eigenvalue weighted by atomic mass is 32.2. The summed E-state index contributed by atoms with van der Waals surface area (Å²) in [5.41, 5.74) is 0. The van der Waals surface area contributed by atoms with Crippen LogP contribution in [0.4, 0.5) is 4.79 Å². The Labute approximate surface area is 89.9 Å². The molecule has 1 fully saturated rings. The first kappa shape index (κ1) is 12.3. The van der Waals surface area contributed by atoms with Crippen molar-refractivity contribution in [3.63, 3.8) is 0 Å². The number of hydrogen-bond acceptors (Lipinski definition) is 3. The molecule has 88 valence electrons. The van der Waals surface area contributed by atoms with Gasteiger partial charge in [-0.1, -0.05) is 0 Å². The number of nitrogens with one attached hydrogen (secondary N) is 1. The molecule has 0 aromatic carbocycles. The van der Waals surface area contributed by atoms with Gasteiger partial charge in [-0.15, -0.1) is 0 Å². The van der Waals surface area contributed by atoms with Gasteiger partial charge in [0.05, 0.1) is 5.75 Å². The van der Waals surface area contributed by atoms with E-state index >= 15 is 0 Å². The van der Waals surface area contributed by atoms with Gasteiger partial charge in [-0.2, -0.15) is 0 Å². The summed E-state index contributed by atoms with van der Waals surface area (Å²) in [6, 6.07) is -0.196. The summed E-state index contributed by atoms with van der Waals surface area (Å²) in [7, 11) is -3.48. The maximum atomic E-state index is 11.5. The van der Waals surface area contributed by atoms with Gasteiger partial charge in [0.2, 0.25) is 10.0 Å². The van der Waals surface area contributed by atoms with Crippen LogP contribution in [0.3, 0.4) is 0 Å². The Bertz CT molecular complexity index is 309.